The van der Waals surface area contributed by atoms with Gasteiger partial charge in [-0.05, 0) is 25.7 Å². The molecule has 0 bridgehead atoms. The summed E-state index contributed by atoms with van der Waals surface area (Å²) in [5, 5.41) is 14.0. The molecular formula is C10H20N4O2. The van der Waals surface area contributed by atoms with Gasteiger partial charge in [0, 0.05) is 13.1 Å². The van der Waals surface area contributed by atoms with Gasteiger partial charge in [0.2, 0.25) is 0 Å². The third-order valence-corrected chi connectivity index (χ3v) is 2.97. The van der Waals surface area contributed by atoms with Crippen molar-refractivity contribution in [2.24, 2.45) is 16.8 Å². The van der Waals surface area contributed by atoms with Crippen molar-refractivity contribution in [3.05, 3.63) is 0 Å². The van der Waals surface area contributed by atoms with Crippen LogP contribution in [0.1, 0.15) is 26.7 Å². The summed E-state index contributed by atoms with van der Waals surface area (Å²) in [4.78, 5) is 13.5. The van der Waals surface area contributed by atoms with Gasteiger partial charge in [-0.15, -0.1) is 0 Å². The predicted molar refractivity (Wildman–Crippen MR) is 61.4 cm³/mol. The molecule has 1 aliphatic rings. The van der Waals surface area contributed by atoms with Crippen molar-refractivity contribution in [1.82, 2.24) is 10.2 Å². The number of carbonyl (C=O) groups is 1. The molecule has 6 heteroatoms. The lowest BCUT2D eigenvalue weighted by molar-refractivity contribution is 0.173. The Morgan fingerprint density at radius 3 is 2.62 bits per heavy atom. The molecule has 92 valence electrons. The van der Waals surface area contributed by atoms with Gasteiger partial charge in [0.05, 0.1) is 6.04 Å². The number of nitrogens with zero attached hydrogens (tertiary/aromatic N) is 2. The Balaban J connectivity index is 2.41. The molecule has 1 atom stereocenters. The summed E-state index contributed by atoms with van der Waals surface area (Å²) >= 11 is 0. The normalized spacial score (nSPS) is 20.6. The van der Waals surface area contributed by atoms with Crippen molar-refractivity contribution in [3.8, 4) is 0 Å². The third-order valence-electron chi connectivity index (χ3n) is 2.97. The van der Waals surface area contributed by atoms with Crippen molar-refractivity contribution in [2.75, 3.05) is 13.1 Å². The highest BCUT2D eigenvalue weighted by atomic mass is 16.4. The molecule has 4 N–H and O–H groups in total. The first-order valence-corrected chi connectivity index (χ1v) is 5.57. The Hall–Kier alpha value is -1.46. The minimum Gasteiger partial charge on any atom is -0.409 e. The summed E-state index contributed by atoms with van der Waals surface area (Å²) in [7, 11) is 0. The minimum absolute atomic E-state index is 0.0127. The first-order chi connectivity index (χ1) is 7.54. The number of nitrogens with two attached hydrogens (primary N) is 1. The Bertz CT molecular complexity index is 272. The SMILES string of the molecule is CC1CCN(C(=O)NC(C)C(N)=NO)CC1. The molecule has 1 rings (SSSR count). The molecule has 1 aliphatic heterocycles. The van der Waals surface area contributed by atoms with Crippen molar-refractivity contribution >= 4 is 11.9 Å². The fourth-order valence-corrected chi connectivity index (χ4v) is 1.65. The van der Waals surface area contributed by atoms with E-state index in [1.54, 1.807) is 11.8 Å². The lowest BCUT2D eigenvalue weighted by Crippen LogP contribution is -2.50. The maximum Gasteiger partial charge on any atom is 0.317 e. The summed E-state index contributed by atoms with van der Waals surface area (Å²) in [6.45, 7) is 5.42. The zero-order chi connectivity index (χ0) is 12.1. The monoisotopic (exact) mass is 228 g/mol. The molecule has 1 heterocycles. The van der Waals surface area contributed by atoms with E-state index in [9.17, 15) is 4.79 Å². The van der Waals surface area contributed by atoms with Crippen molar-refractivity contribution < 1.29 is 10.0 Å². The average molecular weight is 228 g/mol. The molecule has 2 amide bonds. The second-order valence-corrected chi connectivity index (χ2v) is 4.37. The summed E-state index contributed by atoms with van der Waals surface area (Å²) < 4.78 is 0. The van der Waals surface area contributed by atoms with E-state index in [1.807, 2.05) is 0 Å². The highest BCUT2D eigenvalue weighted by molar-refractivity contribution is 5.89. The number of rotatable bonds is 2. The largest absolute Gasteiger partial charge is 0.409 e. The van der Waals surface area contributed by atoms with Gasteiger partial charge in [-0.1, -0.05) is 12.1 Å². The minimum atomic E-state index is -0.447. The molecule has 1 unspecified atom stereocenters. The Kier molecular flexibility index (Phi) is 4.39. The molecule has 0 aromatic carbocycles. The Morgan fingerprint density at radius 1 is 1.56 bits per heavy atom. The number of oxime groups is 1. The number of nitrogens with one attached hydrogen (secondary N) is 1. The van der Waals surface area contributed by atoms with E-state index in [2.05, 4.69) is 17.4 Å². The van der Waals surface area contributed by atoms with E-state index in [0.29, 0.717) is 5.92 Å². The second kappa shape index (κ2) is 5.58. The third kappa shape index (κ3) is 3.29. The summed E-state index contributed by atoms with van der Waals surface area (Å²) in [6, 6.07) is -0.595. The van der Waals surface area contributed by atoms with Gasteiger partial charge in [-0.3, -0.25) is 0 Å². The number of piperidine rings is 1. The first kappa shape index (κ1) is 12.6. The van der Waals surface area contributed by atoms with Gasteiger partial charge in [-0.2, -0.15) is 0 Å². The van der Waals surface area contributed by atoms with Crippen LogP contribution in [0.2, 0.25) is 0 Å². The van der Waals surface area contributed by atoms with Gasteiger partial charge in [0.25, 0.3) is 0 Å². The number of hydrogen-bond donors (Lipinski definition) is 3. The summed E-state index contributed by atoms with van der Waals surface area (Å²) in [6.07, 6.45) is 2.07. The van der Waals surface area contributed by atoms with E-state index >= 15 is 0 Å². The van der Waals surface area contributed by atoms with E-state index in [1.165, 1.54) is 0 Å². The van der Waals surface area contributed by atoms with Gasteiger partial charge in [0.15, 0.2) is 5.84 Å². The van der Waals surface area contributed by atoms with Gasteiger partial charge in [-0.25, -0.2) is 4.79 Å². The van der Waals surface area contributed by atoms with Crippen LogP contribution in [0.4, 0.5) is 4.79 Å². The average Bonchev–Trinajstić information content (AvgIpc) is 2.28. The molecule has 6 nitrogen and oxygen atoms in total. The van der Waals surface area contributed by atoms with Gasteiger partial charge < -0.3 is 21.2 Å². The highest BCUT2D eigenvalue weighted by Gasteiger charge is 2.21. The van der Waals surface area contributed by atoms with E-state index in [4.69, 9.17) is 10.9 Å². The molecule has 0 aromatic rings. The van der Waals surface area contributed by atoms with Crippen LogP contribution in [0.25, 0.3) is 0 Å². The zero-order valence-electron chi connectivity index (χ0n) is 9.81. The Labute approximate surface area is 95.5 Å². The maximum atomic E-state index is 11.8. The molecular weight excluding hydrogens is 208 g/mol. The van der Waals surface area contributed by atoms with Gasteiger partial charge in [0.1, 0.15) is 0 Å². The van der Waals surface area contributed by atoms with E-state index in [-0.39, 0.29) is 11.9 Å². The smallest absolute Gasteiger partial charge is 0.317 e. The van der Waals surface area contributed by atoms with Crippen LogP contribution in [0, 0.1) is 5.92 Å². The van der Waals surface area contributed by atoms with E-state index in [0.717, 1.165) is 25.9 Å². The number of likely N-dealkylation sites (tertiary alicyclic amines) is 1. The number of hydrogen-bond acceptors (Lipinski definition) is 3. The van der Waals surface area contributed by atoms with Crippen molar-refractivity contribution in [3.63, 3.8) is 0 Å². The molecule has 0 saturated carbocycles. The van der Waals surface area contributed by atoms with Crippen LogP contribution in [0.3, 0.4) is 0 Å². The van der Waals surface area contributed by atoms with Crippen LogP contribution < -0.4 is 11.1 Å². The van der Waals surface area contributed by atoms with Crippen molar-refractivity contribution in [2.45, 2.75) is 32.7 Å². The quantitative estimate of drug-likeness (QED) is 0.279. The number of urea groups is 1. The van der Waals surface area contributed by atoms with Crippen LogP contribution >= 0.6 is 0 Å². The fraction of sp³-hybridized carbons (Fsp3) is 0.800. The fourth-order valence-electron chi connectivity index (χ4n) is 1.65. The predicted octanol–water partition coefficient (Wildman–Crippen LogP) is 0.563. The van der Waals surface area contributed by atoms with Crippen LogP contribution in [0.15, 0.2) is 5.16 Å². The zero-order valence-corrected chi connectivity index (χ0v) is 9.81. The summed E-state index contributed by atoms with van der Waals surface area (Å²) in [5.41, 5.74) is 5.38. The van der Waals surface area contributed by atoms with Crippen molar-refractivity contribution in [1.29, 1.82) is 0 Å². The topological polar surface area (TPSA) is 91.0 Å². The summed E-state index contributed by atoms with van der Waals surface area (Å²) in [5.74, 6) is 0.698. The molecule has 0 aromatic heterocycles. The first-order valence-electron chi connectivity index (χ1n) is 5.57. The number of carbonyl (C=O) groups excluding carboxylic acids is 1. The lowest BCUT2D eigenvalue weighted by Gasteiger charge is -2.31. The lowest BCUT2D eigenvalue weighted by atomic mass is 10.00. The number of amides is 2. The van der Waals surface area contributed by atoms with E-state index < -0.39 is 6.04 Å². The van der Waals surface area contributed by atoms with Gasteiger partial charge >= 0.3 is 6.03 Å². The molecule has 1 saturated heterocycles. The maximum absolute atomic E-state index is 11.8. The molecule has 0 radical (unpaired) electrons. The molecule has 16 heavy (non-hydrogen) atoms. The highest BCUT2D eigenvalue weighted by Crippen LogP contribution is 2.15. The molecule has 1 fully saturated rings. The second-order valence-electron chi connectivity index (χ2n) is 4.37. The van der Waals surface area contributed by atoms with Crippen LogP contribution in [0.5, 0.6) is 0 Å². The molecule has 0 spiro atoms. The Morgan fingerprint density at radius 2 is 2.12 bits per heavy atom. The molecule has 0 aliphatic carbocycles. The van der Waals surface area contributed by atoms with Crippen LogP contribution in [-0.2, 0) is 0 Å². The van der Waals surface area contributed by atoms with Crippen LogP contribution in [-0.4, -0.2) is 41.1 Å². The standard InChI is InChI=1S/C10H20N4O2/c1-7-3-5-14(6-4-7)10(15)12-8(2)9(11)13-16/h7-8,16H,3-6H2,1-2H3,(H2,11,13)(H,12,15). The number of amidine groups is 1.